The number of piperazine rings is 1. The third kappa shape index (κ3) is 5.38. The van der Waals surface area contributed by atoms with E-state index in [-0.39, 0.29) is 6.61 Å². The van der Waals surface area contributed by atoms with Crippen molar-refractivity contribution in [2.45, 2.75) is 38.8 Å². The maximum Gasteiger partial charge on any atom is 0.298 e. The number of ether oxygens (including phenoxy) is 1. The highest BCUT2D eigenvalue weighted by molar-refractivity contribution is 6.31. The molecule has 0 unspecified atom stereocenters. The Bertz CT molecular complexity index is 1020. The average molecular weight is 442 g/mol. The zero-order chi connectivity index (χ0) is 21.6. The van der Waals surface area contributed by atoms with Crippen molar-refractivity contribution in [2.24, 2.45) is 0 Å². The first-order chi connectivity index (χ1) is 15.2. The molecule has 0 radical (unpaired) electrons. The van der Waals surface area contributed by atoms with Crippen LogP contribution in [0.15, 0.2) is 46.9 Å². The van der Waals surface area contributed by atoms with E-state index in [1.165, 1.54) is 5.56 Å². The summed E-state index contributed by atoms with van der Waals surface area (Å²) >= 11 is 6.11. The first kappa shape index (κ1) is 21.7. The zero-order valence-corrected chi connectivity index (χ0v) is 18.6. The topological polar surface area (TPSA) is 58.8 Å². The largest absolute Gasteiger partial charge is 0.486 e. The number of nitrogens with zero attached hydrogens (tertiary/aromatic N) is 3. The van der Waals surface area contributed by atoms with Crippen LogP contribution in [0, 0.1) is 0 Å². The van der Waals surface area contributed by atoms with Crippen LogP contribution in [0.3, 0.4) is 0 Å². The first-order valence-electron chi connectivity index (χ1n) is 10.9. The molecule has 7 heteroatoms. The van der Waals surface area contributed by atoms with E-state index in [9.17, 15) is 4.79 Å². The number of hydrogen-bond donors (Lipinski definition) is 0. The maximum absolute atomic E-state index is 10.6. The molecule has 0 spiro atoms. The first-order valence-corrected chi connectivity index (χ1v) is 11.2. The average Bonchev–Trinajstić information content (AvgIpc) is 3.19. The van der Waals surface area contributed by atoms with Crippen LogP contribution in [-0.4, -0.2) is 48.5 Å². The smallest absolute Gasteiger partial charge is 0.298 e. The molecule has 31 heavy (non-hydrogen) atoms. The molecule has 4 rings (SSSR count). The molecule has 2 aromatic carbocycles. The van der Waals surface area contributed by atoms with Gasteiger partial charge in [-0.3, -0.25) is 9.69 Å². The molecule has 1 atom stereocenters. The standard InChI is InChI=1S/C24H28ClN3O3/c1-2-3-6-20-17-27(16-18-5-4-7-21(14-18)30-13-12-29)10-11-28(20)24-26-22-9-8-19(25)15-23(22)31-24/h4-5,7-9,12,14-15,20H,2-3,6,10-11,13,16-17H2,1H3/t20-/m1/s1. The summed E-state index contributed by atoms with van der Waals surface area (Å²) in [6, 6.07) is 14.6. The Balaban J connectivity index is 1.47. The van der Waals surface area contributed by atoms with Crippen LogP contribution in [0.4, 0.5) is 6.01 Å². The van der Waals surface area contributed by atoms with Gasteiger partial charge in [-0.1, -0.05) is 43.5 Å². The van der Waals surface area contributed by atoms with Crippen molar-refractivity contribution in [2.75, 3.05) is 31.1 Å². The van der Waals surface area contributed by atoms with E-state index in [0.29, 0.717) is 17.1 Å². The predicted octanol–water partition coefficient (Wildman–Crippen LogP) is 4.94. The van der Waals surface area contributed by atoms with Crippen LogP contribution in [-0.2, 0) is 11.3 Å². The lowest BCUT2D eigenvalue weighted by Gasteiger charge is -2.41. The summed E-state index contributed by atoms with van der Waals surface area (Å²) < 4.78 is 11.5. The SMILES string of the molecule is CCCC[C@@H]1CN(Cc2cccc(OCC=O)c2)CCN1c1nc2ccc(Cl)cc2o1. The highest BCUT2D eigenvalue weighted by atomic mass is 35.5. The Kier molecular flexibility index (Phi) is 7.10. The number of hydrogen-bond acceptors (Lipinski definition) is 6. The molecule has 0 amide bonds. The van der Waals surface area contributed by atoms with Gasteiger partial charge in [0.2, 0.25) is 0 Å². The van der Waals surface area contributed by atoms with Gasteiger partial charge in [0, 0.05) is 43.3 Å². The maximum atomic E-state index is 10.6. The summed E-state index contributed by atoms with van der Waals surface area (Å²) in [5.41, 5.74) is 2.75. The van der Waals surface area contributed by atoms with Crippen LogP contribution in [0.1, 0.15) is 31.7 Å². The number of aldehydes is 1. The monoisotopic (exact) mass is 441 g/mol. The van der Waals surface area contributed by atoms with Crippen LogP contribution >= 0.6 is 11.6 Å². The van der Waals surface area contributed by atoms with Crippen molar-refractivity contribution in [3.63, 3.8) is 0 Å². The molecule has 2 heterocycles. The van der Waals surface area contributed by atoms with Crippen LogP contribution in [0.25, 0.3) is 11.1 Å². The third-order valence-corrected chi connectivity index (χ3v) is 5.90. The van der Waals surface area contributed by atoms with Gasteiger partial charge in [0.1, 0.15) is 17.9 Å². The second-order valence-corrected chi connectivity index (χ2v) is 8.39. The number of fused-ring (bicyclic) bond motifs is 1. The molecule has 1 fully saturated rings. The van der Waals surface area contributed by atoms with Gasteiger partial charge in [0.05, 0.1) is 0 Å². The van der Waals surface area contributed by atoms with Crippen molar-refractivity contribution in [1.82, 2.24) is 9.88 Å². The van der Waals surface area contributed by atoms with Crippen molar-refractivity contribution in [3.8, 4) is 5.75 Å². The number of carbonyl (C=O) groups excluding carboxylic acids is 1. The molecular formula is C24H28ClN3O3. The molecule has 1 saturated heterocycles. The van der Waals surface area contributed by atoms with Gasteiger partial charge in [-0.05, 0) is 36.2 Å². The van der Waals surface area contributed by atoms with Gasteiger partial charge >= 0.3 is 0 Å². The van der Waals surface area contributed by atoms with Gasteiger partial charge in [-0.2, -0.15) is 4.98 Å². The predicted molar refractivity (Wildman–Crippen MR) is 123 cm³/mol. The summed E-state index contributed by atoms with van der Waals surface area (Å²) in [5, 5.41) is 0.655. The summed E-state index contributed by atoms with van der Waals surface area (Å²) in [7, 11) is 0. The minimum absolute atomic E-state index is 0.0803. The Morgan fingerprint density at radius 1 is 1.26 bits per heavy atom. The molecule has 0 N–H and O–H groups in total. The summed E-state index contributed by atoms with van der Waals surface area (Å²) in [6.45, 7) is 5.86. The van der Waals surface area contributed by atoms with E-state index in [4.69, 9.17) is 25.7 Å². The van der Waals surface area contributed by atoms with Gasteiger partial charge < -0.3 is 14.1 Å². The quantitative estimate of drug-likeness (QED) is 0.438. The number of carbonyl (C=O) groups is 1. The molecule has 1 aliphatic heterocycles. The van der Waals surface area contributed by atoms with Crippen LogP contribution in [0.5, 0.6) is 5.75 Å². The molecule has 0 aliphatic carbocycles. The number of halogens is 1. The number of rotatable bonds is 9. The van der Waals surface area contributed by atoms with Crippen molar-refractivity contribution < 1.29 is 13.9 Å². The Hall–Kier alpha value is -2.57. The second-order valence-electron chi connectivity index (χ2n) is 7.96. The van der Waals surface area contributed by atoms with Crippen molar-refractivity contribution in [3.05, 3.63) is 53.1 Å². The van der Waals surface area contributed by atoms with Gasteiger partial charge in [0.25, 0.3) is 6.01 Å². The fourth-order valence-electron chi connectivity index (χ4n) is 4.13. The number of anilines is 1. The fraction of sp³-hybridized carbons (Fsp3) is 0.417. The minimum atomic E-state index is 0.0803. The van der Waals surface area contributed by atoms with E-state index < -0.39 is 0 Å². The van der Waals surface area contributed by atoms with Crippen LogP contribution < -0.4 is 9.64 Å². The number of aromatic nitrogens is 1. The highest BCUT2D eigenvalue weighted by Gasteiger charge is 2.30. The molecule has 3 aromatic rings. The Morgan fingerprint density at radius 3 is 3.00 bits per heavy atom. The molecule has 1 aromatic heterocycles. The Morgan fingerprint density at radius 2 is 2.16 bits per heavy atom. The van der Waals surface area contributed by atoms with E-state index >= 15 is 0 Å². The summed E-state index contributed by atoms with van der Waals surface area (Å²) in [4.78, 5) is 20.1. The fourth-order valence-corrected chi connectivity index (χ4v) is 4.30. The molecular weight excluding hydrogens is 414 g/mol. The lowest BCUT2D eigenvalue weighted by atomic mass is 10.0. The molecule has 6 nitrogen and oxygen atoms in total. The number of oxazole rings is 1. The molecule has 0 bridgehead atoms. The summed E-state index contributed by atoms with van der Waals surface area (Å²) in [5.74, 6) is 0.732. The lowest BCUT2D eigenvalue weighted by Crippen LogP contribution is -2.53. The van der Waals surface area contributed by atoms with E-state index in [1.54, 1.807) is 0 Å². The third-order valence-electron chi connectivity index (χ3n) is 5.67. The minimum Gasteiger partial charge on any atom is -0.486 e. The normalized spacial score (nSPS) is 17.2. The Labute approximate surface area is 187 Å². The zero-order valence-electron chi connectivity index (χ0n) is 17.8. The number of benzene rings is 2. The van der Waals surface area contributed by atoms with Gasteiger partial charge in [0.15, 0.2) is 11.9 Å². The molecule has 0 saturated carbocycles. The highest BCUT2D eigenvalue weighted by Crippen LogP contribution is 2.29. The summed E-state index contributed by atoms with van der Waals surface area (Å²) in [6.07, 6.45) is 4.18. The van der Waals surface area contributed by atoms with Gasteiger partial charge in [-0.15, -0.1) is 0 Å². The van der Waals surface area contributed by atoms with E-state index in [2.05, 4.69) is 22.8 Å². The van der Waals surface area contributed by atoms with Crippen molar-refractivity contribution >= 4 is 35.0 Å². The van der Waals surface area contributed by atoms with E-state index in [0.717, 1.165) is 68.6 Å². The molecule has 1 aliphatic rings. The van der Waals surface area contributed by atoms with Crippen molar-refractivity contribution in [1.29, 1.82) is 0 Å². The van der Waals surface area contributed by atoms with E-state index in [1.807, 2.05) is 36.4 Å². The van der Waals surface area contributed by atoms with Crippen LogP contribution in [0.2, 0.25) is 5.02 Å². The second kappa shape index (κ2) is 10.2. The lowest BCUT2D eigenvalue weighted by molar-refractivity contribution is -0.109. The molecule has 164 valence electrons. The van der Waals surface area contributed by atoms with Gasteiger partial charge in [-0.25, -0.2) is 0 Å². The number of unbranched alkanes of at least 4 members (excludes halogenated alkanes) is 1.